The molecule has 0 aliphatic carbocycles. The van der Waals surface area contributed by atoms with E-state index in [4.69, 9.17) is 10.8 Å². The van der Waals surface area contributed by atoms with Crippen molar-refractivity contribution in [3.63, 3.8) is 0 Å². The second-order valence-electron chi connectivity index (χ2n) is 3.02. The van der Waals surface area contributed by atoms with Gasteiger partial charge in [-0.25, -0.2) is 0 Å². The Kier molecular flexibility index (Phi) is 4.12. The molecule has 8 nitrogen and oxygen atoms in total. The van der Waals surface area contributed by atoms with Crippen molar-refractivity contribution in [2.24, 2.45) is 5.73 Å². The largest absolute Gasteiger partial charge is 0.381 e. The number of nitrogens with one attached hydrogen (secondary N) is 1. The molecular weight excluding hydrogens is 250 g/mol. The number of hydrogen-bond acceptors (Lipinski definition) is 6. The minimum atomic E-state index is -1.48. The Hall–Kier alpha value is -2.00. The van der Waals surface area contributed by atoms with E-state index in [0.29, 0.717) is 11.3 Å². The molecule has 9 heteroatoms. The Morgan fingerprint density at radius 1 is 1.59 bits per heavy atom. The van der Waals surface area contributed by atoms with Crippen LogP contribution in [0, 0.1) is 10.1 Å². The zero-order valence-corrected chi connectivity index (χ0v) is 9.27. The van der Waals surface area contributed by atoms with E-state index in [2.05, 4.69) is 5.32 Å². The molecule has 0 spiro atoms. The van der Waals surface area contributed by atoms with Gasteiger partial charge in [-0.3, -0.25) is 19.7 Å². The fourth-order valence-electron chi connectivity index (χ4n) is 0.925. The first-order chi connectivity index (χ1) is 7.91. The third kappa shape index (κ3) is 3.50. The molecule has 0 fully saturated rings. The van der Waals surface area contributed by atoms with Crippen molar-refractivity contribution >= 4 is 28.2 Å². The molecule has 0 aliphatic heterocycles. The van der Waals surface area contributed by atoms with Crippen LogP contribution in [0.1, 0.15) is 9.67 Å². The highest BCUT2D eigenvalue weighted by atomic mass is 32.1. The van der Waals surface area contributed by atoms with E-state index in [0.717, 1.165) is 0 Å². The Balaban J connectivity index is 2.58. The van der Waals surface area contributed by atoms with E-state index in [-0.39, 0.29) is 16.4 Å². The molecule has 0 saturated heterocycles. The molecule has 1 aromatic rings. The first-order valence-electron chi connectivity index (χ1n) is 4.41. The summed E-state index contributed by atoms with van der Waals surface area (Å²) in [4.78, 5) is 31.8. The number of carbonyl (C=O) groups is 2. The number of amides is 2. The van der Waals surface area contributed by atoms with Crippen LogP contribution in [-0.2, 0) is 4.79 Å². The van der Waals surface area contributed by atoms with Crippen LogP contribution in [0.5, 0.6) is 0 Å². The molecule has 1 heterocycles. The second kappa shape index (κ2) is 5.37. The maximum atomic E-state index is 11.4. The van der Waals surface area contributed by atoms with Gasteiger partial charge in [0.1, 0.15) is 6.10 Å². The summed E-state index contributed by atoms with van der Waals surface area (Å²) in [5, 5.41) is 21.5. The summed E-state index contributed by atoms with van der Waals surface area (Å²) in [7, 11) is 0. The average molecular weight is 259 g/mol. The minimum absolute atomic E-state index is 0.119. The van der Waals surface area contributed by atoms with E-state index in [1.807, 2.05) is 0 Å². The van der Waals surface area contributed by atoms with Crippen molar-refractivity contribution in [3.05, 3.63) is 27.1 Å². The van der Waals surface area contributed by atoms with E-state index in [9.17, 15) is 19.7 Å². The van der Waals surface area contributed by atoms with Gasteiger partial charge in [0, 0.05) is 6.07 Å². The summed E-state index contributed by atoms with van der Waals surface area (Å²) in [6, 6.07) is 2.48. The average Bonchev–Trinajstić information content (AvgIpc) is 2.74. The summed E-state index contributed by atoms with van der Waals surface area (Å²) in [5.74, 6) is -1.56. The van der Waals surface area contributed by atoms with Crippen molar-refractivity contribution in [1.29, 1.82) is 0 Å². The van der Waals surface area contributed by atoms with Crippen molar-refractivity contribution < 1.29 is 19.6 Å². The molecule has 1 unspecified atom stereocenters. The summed E-state index contributed by atoms with van der Waals surface area (Å²) in [6.45, 7) is -0.333. The van der Waals surface area contributed by atoms with E-state index in [1.54, 1.807) is 0 Å². The van der Waals surface area contributed by atoms with Crippen LogP contribution in [0.3, 0.4) is 0 Å². The maximum Gasteiger partial charge on any atom is 0.324 e. The lowest BCUT2D eigenvalue weighted by atomic mass is 10.3. The maximum absolute atomic E-state index is 11.4. The summed E-state index contributed by atoms with van der Waals surface area (Å²) in [6.07, 6.45) is -1.48. The van der Waals surface area contributed by atoms with E-state index < -0.39 is 22.8 Å². The quantitative estimate of drug-likeness (QED) is 0.471. The van der Waals surface area contributed by atoms with Gasteiger partial charge < -0.3 is 16.2 Å². The minimum Gasteiger partial charge on any atom is -0.381 e. The molecule has 1 rings (SSSR count). The Morgan fingerprint density at radius 2 is 2.24 bits per heavy atom. The molecule has 1 aromatic heterocycles. The van der Waals surface area contributed by atoms with E-state index in [1.165, 1.54) is 12.1 Å². The van der Waals surface area contributed by atoms with Crippen molar-refractivity contribution in [1.82, 2.24) is 5.32 Å². The number of aliphatic hydroxyl groups is 1. The van der Waals surface area contributed by atoms with Crippen molar-refractivity contribution in [2.45, 2.75) is 6.10 Å². The van der Waals surface area contributed by atoms with Gasteiger partial charge in [0.25, 0.3) is 5.91 Å². The van der Waals surface area contributed by atoms with Gasteiger partial charge in [0.05, 0.1) is 16.3 Å². The van der Waals surface area contributed by atoms with Gasteiger partial charge in [-0.05, 0) is 6.07 Å². The van der Waals surface area contributed by atoms with Gasteiger partial charge in [0.2, 0.25) is 5.91 Å². The topological polar surface area (TPSA) is 136 Å². The summed E-state index contributed by atoms with van der Waals surface area (Å²) < 4.78 is 0. The van der Waals surface area contributed by atoms with Crippen LogP contribution < -0.4 is 11.1 Å². The van der Waals surface area contributed by atoms with Crippen LogP contribution in [0.4, 0.5) is 5.00 Å². The lowest BCUT2D eigenvalue weighted by molar-refractivity contribution is -0.380. The number of rotatable bonds is 5. The highest BCUT2D eigenvalue weighted by Gasteiger charge is 2.17. The number of nitrogens with zero attached hydrogens (tertiary/aromatic N) is 1. The van der Waals surface area contributed by atoms with Crippen molar-refractivity contribution in [2.75, 3.05) is 6.54 Å². The molecule has 0 aliphatic rings. The highest BCUT2D eigenvalue weighted by molar-refractivity contribution is 7.17. The summed E-state index contributed by atoms with van der Waals surface area (Å²) >= 11 is 0.700. The van der Waals surface area contributed by atoms with E-state index >= 15 is 0 Å². The fraction of sp³-hybridized carbons (Fsp3) is 0.250. The monoisotopic (exact) mass is 259 g/mol. The molecule has 4 N–H and O–H groups in total. The van der Waals surface area contributed by atoms with Crippen LogP contribution in [0.2, 0.25) is 0 Å². The SMILES string of the molecule is NC(=O)C(O)CNC(=O)c1ccc([N+](=O)[O-])s1. The number of nitrogens with two attached hydrogens (primary N) is 1. The molecule has 2 amide bonds. The standard InChI is InChI=1S/C8H9N3O5S/c9-7(13)4(12)3-10-8(14)5-1-2-6(17-5)11(15)16/h1-2,4,12H,3H2,(H2,9,13)(H,10,14). The third-order valence-corrected chi connectivity index (χ3v) is 2.82. The van der Waals surface area contributed by atoms with Gasteiger partial charge in [-0.15, -0.1) is 0 Å². The van der Waals surface area contributed by atoms with Gasteiger partial charge in [0.15, 0.2) is 0 Å². The number of primary amides is 1. The molecule has 0 aromatic carbocycles. The Morgan fingerprint density at radius 3 is 2.71 bits per heavy atom. The predicted octanol–water partition coefficient (Wildman–Crippen LogP) is -0.768. The number of carbonyl (C=O) groups excluding carboxylic acids is 2. The summed E-state index contributed by atoms with van der Waals surface area (Å²) in [5.41, 5.74) is 4.78. The molecule has 92 valence electrons. The number of hydrogen-bond donors (Lipinski definition) is 3. The molecule has 17 heavy (non-hydrogen) atoms. The zero-order valence-electron chi connectivity index (χ0n) is 8.45. The van der Waals surface area contributed by atoms with Gasteiger partial charge >= 0.3 is 5.00 Å². The Bertz CT molecular complexity index is 458. The van der Waals surface area contributed by atoms with Crippen LogP contribution in [0.15, 0.2) is 12.1 Å². The first kappa shape index (κ1) is 13.1. The molecule has 1 atom stereocenters. The van der Waals surface area contributed by atoms with Crippen LogP contribution in [0.25, 0.3) is 0 Å². The first-order valence-corrected chi connectivity index (χ1v) is 5.23. The normalized spacial score (nSPS) is 11.8. The Labute approximate surface area is 99.2 Å². The molecule has 0 radical (unpaired) electrons. The highest BCUT2D eigenvalue weighted by Crippen LogP contribution is 2.23. The van der Waals surface area contributed by atoms with Gasteiger partial charge in [-0.1, -0.05) is 11.3 Å². The van der Waals surface area contributed by atoms with Gasteiger partial charge in [-0.2, -0.15) is 0 Å². The van der Waals surface area contributed by atoms with Crippen LogP contribution >= 0.6 is 11.3 Å². The lowest BCUT2D eigenvalue weighted by Gasteiger charge is -2.06. The predicted molar refractivity (Wildman–Crippen MR) is 58.5 cm³/mol. The number of thiophene rings is 1. The van der Waals surface area contributed by atoms with Crippen LogP contribution in [-0.4, -0.2) is 34.5 Å². The second-order valence-corrected chi connectivity index (χ2v) is 4.09. The molecular formula is C8H9N3O5S. The molecule has 0 saturated carbocycles. The number of aliphatic hydroxyl groups excluding tert-OH is 1. The third-order valence-electron chi connectivity index (χ3n) is 1.78. The smallest absolute Gasteiger partial charge is 0.324 e. The molecule has 0 bridgehead atoms. The lowest BCUT2D eigenvalue weighted by Crippen LogP contribution is -2.39. The number of nitro groups is 1. The fourth-order valence-corrected chi connectivity index (χ4v) is 1.66. The van der Waals surface area contributed by atoms with Crippen molar-refractivity contribution in [3.8, 4) is 0 Å². The zero-order chi connectivity index (χ0) is 13.0.